The Hall–Kier alpha value is -1.97. The maximum absolute atomic E-state index is 12.2. The number of thiophene rings is 1. The van der Waals surface area contributed by atoms with Crippen molar-refractivity contribution in [2.24, 2.45) is 0 Å². The number of ether oxygens (including phenoxy) is 1. The summed E-state index contributed by atoms with van der Waals surface area (Å²) in [5, 5.41) is 16.7. The van der Waals surface area contributed by atoms with E-state index in [1.807, 2.05) is 22.4 Å². The average Bonchev–Trinajstić information content (AvgIpc) is 3.17. The van der Waals surface area contributed by atoms with Gasteiger partial charge in [0.25, 0.3) is 5.91 Å². The minimum Gasteiger partial charge on any atom is -0.473 e. The summed E-state index contributed by atoms with van der Waals surface area (Å²) in [6, 6.07) is 4.50. The molecule has 2 aliphatic heterocycles. The molecule has 0 radical (unpaired) electrons. The minimum absolute atomic E-state index is 0.204. The van der Waals surface area contributed by atoms with E-state index in [1.165, 1.54) is 11.3 Å². The largest absolute Gasteiger partial charge is 0.473 e. The van der Waals surface area contributed by atoms with Crippen LogP contribution in [-0.2, 0) is 14.3 Å². The number of hydrogen-bond acceptors (Lipinski definition) is 6. The summed E-state index contributed by atoms with van der Waals surface area (Å²) in [6.45, 7) is 5.58. The Kier molecular flexibility index (Phi) is 7.35. The van der Waals surface area contributed by atoms with Gasteiger partial charge < -0.3 is 19.8 Å². The van der Waals surface area contributed by atoms with E-state index in [0.29, 0.717) is 6.04 Å². The van der Waals surface area contributed by atoms with Crippen LogP contribution < -0.4 is 0 Å². The van der Waals surface area contributed by atoms with Gasteiger partial charge in [0, 0.05) is 32.2 Å². The van der Waals surface area contributed by atoms with Crippen molar-refractivity contribution in [3.05, 3.63) is 22.4 Å². The molecule has 3 rings (SSSR count). The predicted molar refractivity (Wildman–Crippen MR) is 90.9 cm³/mol. The van der Waals surface area contributed by atoms with Gasteiger partial charge in [-0.3, -0.25) is 9.69 Å². The van der Waals surface area contributed by atoms with Crippen molar-refractivity contribution in [2.45, 2.75) is 18.9 Å². The molecule has 8 nitrogen and oxygen atoms in total. The predicted octanol–water partition coefficient (Wildman–Crippen LogP) is 0.841. The van der Waals surface area contributed by atoms with Crippen molar-refractivity contribution in [1.29, 1.82) is 0 Å². The lowest BCUT2D eigenvalue weighted by atomic mass is 10.0. The SMILES string of the molecule is O=C(O)C(=O)O.O=C(c1cccs1)N1CCC(N2CCOCC2)CC1. The second kappa shape index (κ2) is 9.50. The van der Waals surface area contributed by atoms with E-state index in [0.717, 1.165) is 57.1 Å². The zero-order valence-corrected chi connectivity index (χ0v) is 14.6. The monoisotopic (exact) mass is 370 g/mol. The van der Waals surface area contributed by atoms with Gasteiger partial charge in [-0.25, -0.2) is 9.59 Å². The number of carbonyl (C=O) groups is 3. The number of aliphatic carboxylic acids is 2. The van der Waals surface area contributed by atoms with Gasteiger partial charge in [-0.05, 0) is 24.3 Å². The highest BCUT2D eigenvalue weighted by Crippen LogP contribution is 2.20. The van der Waals surface area contributed by atoms with Crippen molar-refractivity contribution in [2.75, 3.05) is 39.4 Å². The molecule has 1 aromatic heterocycles. The fraction of sp³-hybridized carbons (Fsp3) is 0.562. The number of rotatable bonds is 2. The van der Waals surface area contributed by atoms with E-state index >= 15 is 0 Å². The molecule has 2 aliphatic rings. The smallest absolute Gasteiger partial charge is 0.414 e. The molecule has 2 fully saturated rings. The molecule has 1 aromatic rings. The van der Waals surface area contributed by atoms with Crippen LogP contribution in [0.1, 0.15) is 22.5 Å². The highest BCUT2D eigenvalue weighted by molar-refractivity contribution is 7.12. The van der Waals surface area contributed by atoms with Gasteiger partial charge in [-0.1, -0.05) is 6.07 Å². The second-order valence-corrected chi connectivity index (χ2v) is 6.71. The van der Waals surface area contributed by atoms with Gasteiger partial charge in [0.1, 0.15) is 0 Å². The Bertz CT molecular complexity index is 565. The molecule has 9 heteroatoms. The average molecular weight is 370 g/mol. The Morgan fingerprint density at radius 1 is 1.04 bits per heavy atom. The zero-order valence-electron chi connectivity index (χ0n) is 13.8. The topological polar surface area (TPSA) is 107 Å². The lowest BCUT2D eigenvalue weighted by Gasteiger charge is -2.40. The van der Waals surface area contributed by atoms with Crippen LogP contribution in [0.4, 0.5) is 0 Å². The van der Waals surface area contributed by atoms with Crippen molar-refractivity contribution < 1.29 is 29.3 Å². The van der Waals surface area contributed by atoms with Gasteiger partial charge >= 0.3 is 11.9 Å². The first-order chi connectivity index (χ1) is 12.0. The summed E-state index contributed by atoms with van der Waals surface area (Å²) in [5.74, 6) is -3.44. The molecular formula is C16H22N2O6S. The van der Waals surface area contributed by atoms with Crippen LogP contribution in [0.15, 0.2) is 17.5 Å². The van der Waals surface area contributed by atoms with Crippen LogP contribution >= 0.6 is 11.3 Å². The van der Waals surface area contributed by atoms with Crippen molar-refractivity contribution >= 4 is 29.2 Å². The fourth-order valence-electron chi connectivity index (χ4n) is 2.93. The molecule has 0 unspecified atom stereocenters. The number of carboxylic acids is 2. The van der Waals surface area contributed by atoms with Crippen molar-refractivity contribution in [1.82, 2.24) is 9.80 Å². The van der Waals surface area contributed by atoms with Crippen LogP contribution in [0.2, 0.25) is 0 Å². The molecule has 0 atom stereocenters. The summed E-state index contributed by atoms with van der Waals surface area (Å²) < 4.78 is 5.39. The molecule has 1 amide bonds. The fourth-order valence-corrected chi connectivity index (χ4v) is 3.62. The third kappa shape index (κ3) is 5.80. The summed E-state index contributed by atoms with van der Waals surface area (Å²) in [5.41, 5.74) is 0. The summed E-state index contributed by atoms with van der Waals surface area (Å²) in [4.78, 5) is 35.8. The van der Waals surface area contributed by atoms with E-state index < -0.39 is 11.9 Å². The summed E-state index contributed by atoms with van der Waals surface area (Å²) >= 11 is 1.54. The number of nitrogens with zero attached hydrogens (tertiary/aromatic N) is 2. The van der Waals surface area contributed by atoms with E-state index in [9.17, 15) is 4.79 Å². The summed E-state index contributed by atoms with van der Waals surface area (Å²) in [6.07, 6.45) is 2.19. The number of carbonyl (C=O) groups excluding carboxylic acids is 1. The highest BCUT2D eigenvalue weighted by atomic mass is 32.1. The van der Waals surface area contributed by atoms with Crippen molar-refractivity contribution in [3.63, 3.8) is 0 Å². The maximum atomic E-state index is 12.2. The quantitative estimate of drug-likeness (QED) is 0.743. The van der Waals surface area contributed by atoms with Gasteiger partial charge in [0.05, 0.1) is 18.1 Å². The van der Waals surface area contributed by atoms with E-state index in [1.54, 1.807) is 0 Å². The molecule has 2 N–H and O–H groups in total. The molecule has 138 valence electrons. The molecule has 2 saturated heterocycles. The number of morpholine rings is 1. The third-order valence-corrected chi connectivity index (χ3v) is 5.09. The Morgan fingerprint density at radius 3 is 2.12 bits per heavy atom. The number of likely N-dealkylation sites (tertiary alicyclic amines) is 1. The van der Waals surface area contributed by atoms with Crippen molar-refractivity contribution in [3.8, 4) is 0 Å². The molecule has 0 aliphatic carbocycles. The molecule has 0 saturated carbocycles. The standard InChI is InChI=1S/C14H20N2O2S.C2H2O4/c17-14(13-2-1-11-19-13)16-5-3-12(4-6-16)15-7-9-18-10-8-15;3-1(4)2(5)6/h1-2,11-12H,3-10H2;(H,3,4)(H,5,6). The molecule has 0 bridgehead atoms. The normalized spacial score (nSPS) is 19.0. The Balaban J connectivity index is 0.000000326. The van der Waals surface area contributed by atoms with Gasteiger partial charge in [0.2, 0.25) is 0 Å². The van der Waals surface area contributed by atoms with Crippen LogP contribution in [0.25, 0.3) is 0 Å². The Labute approximate surface area is 149 Å². The zero-order chi connectivity index (χ0) is 18.2. The lowest BCUT2D eigenvalue weighted by Crippen LogP contribution is -2.50. The van der Waals surface area contributed by atoms with E-state index in [4.69, 9.17) is 24.5 Å². The van der Waals surface area contributed by atoms with E-state index in [2.05, 4.69) is 4.90 Å². The highest BCUT2D eigenvalue weighted by Gasteiger charge is 2.28. The number of piperidine rings is 1. The first-order valence-electron chi connectivity index (χ1n) is 8.10. The first kappa shape index (κ1) is 19.4. The molecular weight excluding hydrogens is 348 g/mol. The molecule has 0 spiro atoms. The van der Waals surface area contributed by atoms with Crippen LogP contribution in [0, 0.1) is 0 Å². The molecule has 25 heavy (non-hydrogen) atoms. The molecule has 3 heterocycles. The maximum Gasteiger partial charge on any atom is 0.414 e. The number of amides is 1. The number of carboxylic acid groups (broad SMARTS) is 2. The first-order valence-corrected chi connectivity index (χ1v) is 8.97. The minimum atomic E-state index is -1.82. The Morgan fingerprint density at radius 2 is 1.64 bits per heavy atom. The molecule has 0 aromatic carbocycles. The van der Waals surface area contributed by atoms with Crippen LogP contribution in [-0.4, -0.2) is 83.3 Å². The lowest BCUT2D eigenvalue weighted by molar-refractivity contribution is -0.159. The van der Waals surface area contributed by atoms with E-state index in [-0.39, 0.29) is 5.91 Å². The number of hydrogen-bond donors (Lipinski definition) is 2. The summed E-state index contributed by atoms with van der Waals surface area (Å²) in [7, 11) is 0. The van der Waals surface area contributed by atoms with Gasteiger partial charge in [-0.2, -0.15) is 0 Å². The van der Waals surface area contributed by atoms with Crippen LogP contribution in [0.5, 0.6) is 0 Å². The van der Waals surface area contributed by atoms with Gasteiger partial charge in [-0.15, -0.1) is 11.3 Å². The van der Waals surface area contributed by atoms with Crippen LogP contribution in [0.3, 0.4) is 0 Å². The second-order valence-electron chi connectivity index (χ2n) is 5.76. The third-order valence-electron chi connectivity index (χ3n) is 4.23. The van der Waals surface area contributed by atoms with Gasteiger partial charge in [0.15, 0.2) is 0 Å².